The Morgan fingerprint density at radius 2 is 1.89 bits per heavy atom. The van der Waals surface area contributed by atoms with Crippen LogP contribution in [-0.2, 0) is 6.42 Å². The molecule has 0 amide bonds. The SMILES string of the molecule is C[C@]12CCC(O)CC1=CCC1C2CC[C@]2(C)C(Cc3ccccn3)=CCC12. The average Bonchev–Trinajstić information content (AvgIpc) is 3.00. The summed E-state index contributed by atoms with van der Waals surface area (Å²) in [6.07, 6.45) is 16.2. The molecule has 0 aromatic carbocycles. The van der Waals surface area contributed by atoms with Crippen molar-refractivity contribution in [2.75, 3.05) is 0 Å². The van der Waals surface area contributed by atoms with Crippen LogP contribution in [0.4, 0.5) is 0 Å². The summed E-state index contributed by atoms with van der Waals surface area (Å²) in [6.45, 7) is 5.06. The molecule has 0 spiro atoms. The van der Waals surface area contributed by atoms with Gasteiger partial charge in [0.2, 0.25) is 0 Å². The zero-order valence-electron chi connectivity index (χ0n) is 16.8. The number of hydrogen-bond donors (Lipinski definition) is 1. The highest BCUT2D eigenvalue weighted by Gasteiger charge is 2.56. The normalized spacial score (nSPS) is 43.2. The zero-order chi connectivity index (χ0) is 18.6. The first-order chi connectivity index (χ1) is 13.0. The number of aliphatic hydroxyl groups is 1. The fraction of sp³-hybridized carbons (Fsp3) is 0.640. The van der Waals surface area contributed by atoms with E-state index in [0.717, 1.165) is 37.0 Å². The monoisotopic (exact) mass is 363 g/mol. The standard InChI is InChI=1S/C25H33NO/c1-24-12-10-20(27)16-18(24)6-8-21-22-9-7-17(15-19-5-3-4-14-26-19)25(22,2)13-11-23(21)24/h3-7,14,20-23,27H,8-13,15-16H2,1-2H3/t20?,21?,22?,23?,24-,25+/m0/s1. The average molecular weight is 364 g/mol. The summed E-state index contributed by atoms with van der Waals surface area (Å²) in [5.74, 6) is 2.41. The summed E-state index contributed by atoms with van der Waals surface area (Å²) >= 11 is 0. The van der Waals surface area contributed by atoms with Crippen molar-refractivity contribution in [3.8, 4) is 0 Å². The van der Waals surface area contributed by atoms with Crippen LogP contribution in [0.25, 0.3) is 0 Å². The van der Waals surface area contributed by atoms with E-state index in [0.29, 0.717) is 10.8 Å². The van der Waals surface area contributed by atoms with E-state index >= 15 is 0 Å². The Labute approximate surface area is 163 Å². The lowest BCUT2D eigenvalue weighted by molar-refractivity contribution is -0.0298. The largest absolute Gasteiger partial charge is 0.393 e. The number of aliphatic hydroxyl groups excluding tert-OH is 1. The number of rotatable bonds is 2. The van der Waals surface area contributed by atoms with Gasteiger partial charge >= 0.3 is 0 Å². The van der Waals surface area contributed by atoms with E-state index in [-0.39, 0.29) is 6.10 Å². The van der Waals surface area contributed by atoms with E-state index in [9.17, 15) is 5.11 Å². The lowest BCUT2D eigenvalue weighted by atomic mass is 9.47. The maximum Gasteiger partial charge on any atom is 0.0577 e. The smallest absolute Gasteiger partial charge is 0.0577 e. The highest BCUT2D eigenvalue weighted by atomic mass is 16.3. The van der Waals surface area contributed by atoms with Crippen molar-refractivity contribution >= 4 is 0 Å². The van der Waals surface area contributed by atoms with Crippen LogP contribution < -0.4 is 0 Å². The van der Waals surface area contributed by atoms with Crippen molar-refractivity contribution < 1.29 is 5.11 Å². The first-order valence-electron chi connectivity index (χ1n) is 11.0. The molecule has 1 N–H and O–H groups in total. The van der Waals surface area contributed by atoms with E-state index in [2.05, 4.69) is 43.1 Å². The number of nitrogens with zero attached hydrogens (tertiary/aromatic N) is 1. The summed E-state index contributed by atoms with van der Waals surface area (Å²) in [5.41, 5.74) is 5.13. The van der Waals surface area contributed by atoms with Crippen molar-refractivity contribution in [3.63, 3.8) is 0 Å². The Bertz CT molecular complexity index is 781. The third-order valence-electron chi connectivity index (χ3n) is 8.92. The second-order valence-corrected chi connectivity index (χ2v) is 10.1. The molecule has 0 radical (unpaired) electrons. The van der Waals surface area contributed by atoms with Crippen molar-refractivity contribution in [1.29, 1.82) is 0 Å². The first-order valence-corrected chi connectivity index (χ1v) is 11.0. The molecular formula is C25H33NO. The van der Waals surface area contributed by atoms with E-state index in [1.54, 1.807) is 11.1 Å². The molecule has 0 aliphatic heterocycles. The number of aromatic nitrogens is 1. The van der Waals surface area contributed by atoms with Crippen molar-refractivity contribution in [1.82, 2.24) is 4.98 Å². The summed E-state index contributed by atoms with van der Waals surface area (Å²) in [6, 6.07) is 6.30. The predicted molar refractivity (Wildman–Crippen MR) is 109 cm³/mol. The minimum absolute atomic E-state index is 0.104. The molecule has 27 heavy (non-hydrogen) atoms. The quantitative estimate of drug-likeness (QED) is 0.705. The molecule has 4 unspecified atom stereocenters. The summed E-state index contributed by atoms with van der Waals surface area (Å²) in [4.78, 5) is 4.59. The molecule has 6 atom stereocenters. The van der Waals surface area contributed by atoms with E-state index in [1.807, 2.05) is 12.3 Å². The van der Waals surface area contributed by atoms with Gasteiger partial charge in [-0.15, -0.1) is 0 Å². The van der Waals surface area contributed by atoms with Gasteiger partial charge in [0, 0.05) is 18.3 Å². The molecule has 0 saturated heterocycles. The van der Waals surface area contributed by atoms with Gasteiger partial charge in [-0.25, -0.2) is 0 Å². The predicted octanol–water partition coefficient (Wildman–Crippen LogP) is 5.48. The maximum absolute atomic E-state index is 10.2. The van der Waals surface area contributed by atoms with Crippen LogP contribution in [0.2, 0.25) is 0 Å². The number of fused-ring (bicyclic) bond motifs is 5. The van der Waals surface area contributed by atoms with Crippen LogP contribution in [0.1, 0.15) is 64.5 Å². The third kappa shape index (κ3) is 2.67. The van der Waals surface area contributed by atoms with Crippen LogP contribution in [0.15, 0.2) is 47.7 Å². The second-order valence-electron chi connectivity index (χ2n) is 10.1. The van der Waals surface area contributed by atoms with Crippen molar-refractivity contribution in [2.24, 2.45) is 28.6 Å². The van der Waals surface area contributed by atoms with Gasteiger partial charge in [-0.1, -0.05) is 43.2 Å². The Kier molecular flexibility index (Phi) is 4.13. The molecule has 0 bridgehead atoms. The van der Waals surface area contributed by atoms with Crippen LogP contribution in [0, 0.1) is 28.6 Å². The van der Waals surface area contributed by atoms with Crippen molar-refractivity contribution in [2.45, 2.75) is 71.3 Å². The molecule has 144 valence electrons. The Hall–Kier alpha value is -1.41. The van der Waals surface area contributed by atoms with Crippen LogP contribution >= 0.6 is 0 Å². The highest BCUT2D eigenvalue weighted by molar-refractivity contribution is 5.32. The fourth-order valence-corrected chi connectivity index (χ4v) is 7.27. The van der Waals surface area contributed by atoms with Gasteiger partial charge in [-0.3, -0.25) is 4.98 Å². The van der Waals surface area contributed by atoms with Crippen LogP contribution in [0.5, 0.6) is 0 Å². The van der Waals surface area contributed by atoms with Crippen molar-refractivity contribution in [3.05, 3.63) is 53.4 Å². The van der Waals surface area contributed by atoms with Gasteiger partial charge < -0.3 is 5.11 Å². The summed E-state index contributed by atoms with van der Waals surface area (Å²) in [7, 11) is 0. The molecule has 2 nitrogen and oxygen atoms in total. The lowest BCUT2D eigenvalue weighted by Gasteiger charge is -2.57. The summed E-state index contributed by atoms with van der Waals surface area (Å²) in [5, 5.41) is 10.2. The lowest BCUT2D eigenvalue weighted by Crippen LogP contribution is -2.50. The first kappa shape index (κ1) is 17.7. The minimum Gasteiger partial charge on any atom is -0.393 e. The highest BCUT2D eigenvalue weighted by Crippen LogP contribution is 2.65. The molecule has 2 fully saturated rings. The maximum atomic E-state index is 10.2. The van der Waals surface area contributed by atoms with Gasteiger partial charge in [0.05, 0.1) is 6.10 Å². The Morgan fingerprint density at radius 3 is 2.70 bits per heavy atom. The molecule has 2 heteroatoms. The van der Waals surface area contributed by atoms with E-state index in [4.69, 9.17) is 0 Å². The fourth-order valence-electron chi connectivity index (χ4n) is 7.27. The molecule has 2 saturated carbocycles. The van der Waals surface area contributed by atoms with Gasteiger partial charge in [0.1, 0.15) is 0 Å². The summed E-state index contributed by atoms with van der Waals surface area (Å²) < 4.78 is 0. The Morgan fingerprint density at radius 1 is 1.04 bits per heavy atom. The van der Waals surface area contributed by atoms with Gasteiger partial charge in [0.25, 0.3) is 0 Å². The second kappa shape index (κ2) is 6.30. The van der Waals surface area contributed by atoms with E-state index in [1.165, 1.54) is 37.8 Å². The minimum atomic E-state index is -0.104. The molecule has 1 aromatic heterocycles. The molecule has 4 aliphatic rings. The van der Waals surface area contributed by atoms with Crippen LogP contribution in [0.3, 0.4) is 0 Å². The number of allylic oxidation sites excluding steroid dienone is 3. The third-order valence-corrected chi connectivity index (χ3v) is 8.92. The Balaban J connectivity index is 1.41. The zero-order valence-corrected chi connectivity index (χ0v) is 16.8. The topological polar surface area (TPSA) is 33.1 Å². The molecule has 4 aliphatic carbocycles. The van der Waals surface area contributed by atoms with Gasteiger partial charge in [-0.2, -0.15) is 0 Å². The van der Waals surface area contributed by atoms with E-state index < -0.39 is 0 Å². The van der Waals surface area contributed by atoms with Gasteiger partial charge in [-0.05, 0) is 85.7 Å². The molecular weight excluding hydrogens is 330 g/mol. The molecule has 5 rings (SSSR count). The van der Waals surface area contributed by atoms with Gasteiger partial charge in [0.15, 0.2) is 0 Å². The molecule has 1 aromatic rings. The molecule has 1 heterocycles. The van der Waals surface area contributed by atoms with Crippen LogP contribution in [-0.4, -0.2) is 16.2 Å². The number of hydrogen-bond acceptors (Lipinski definition) is 2. The number of pyridine rings is 1.